The fourth-order valence-electron chi connectivity index (χ4n) is 2.25. The van der Waals surface area contributed by atoms with Crippen LogP contribution >= 0.6 is 11.6 Å². The second-order valence-corrected chi connectivity index (χ2v) is 5.50. The van der Waals surface area contributed by atoms with Gasteiger partial charge in [-0.1, -0.05) is 23.7 Å². The fraction of sp³-hybridized carbons (Fsp3) is 0. The summed E-state index contributed by atoms with van der Waals surface area (Å²) in [6.07, 6.45) is 1.68. The standard InChI is InChI=1S/C20H11ClN2O/c21-18-7-5-16(6-8-18)20-10-9-19(24-20)11-17(13-23)15-3-1-14(12-22)2-4-15/h1-11H/b17-11-. The van der Waals surface area contributed by atoms with E-state index in [4.69, 9.17) is 21.3 Å². The molecule has 0 fully saturated rings. The summed E-state index contributed by atoms with van der Waals surface area (Å²) in [6, 6.07) is 22.1. The van der Waals surface area contributed by atoms with Crippen LogP contribution in [0.15, 0.2) is 65.1 Å². The largest absolute Gasteiger partial charge is 0.457 e. The lowest BCUT2D eigenvalue weighted by Crippen LogP contribution is -1.82. The molecule has 1 aromatic heterocycles. The number of furan rings is 1. The molecule has 114 valence electrons. The van der Waals surface area contributed by atoms with E-state index in [0.717, 1.165) is 11.1 Å². The molecule has 1 heterocycles. The monoisotopic (exact) mass is 330 g/mol. The van der Waals surface area contributed by atoms with E-state index in [1.807, 2.05) is 24.3 Å². The fourth-order valence-corrected chi connectivity index (χ4v) is 2.37. The second-order valence-electron chi connectivity index (χ2n) is 5.07. The van der Waals surface area contributed by atoms with Crippen molar-refractivity contribution in [3.05, 3.63) is 82.6 Å². The Balaban J connectivity index is 1.90. The molecule has 0 aliphatic rings. The highest BCUT2D eigenvalue weighted by Gasteiger charge is 2.06. The summed E-state index contributed by atoms with van der Waals surface area (Å²) >= 11 is 5.89. The van der Waals surface area contributed by atoms with Gasteiger partial charge in [-0.25, -0.2) is 0 Å². The van der Waals surface area contributed by atoms with Gasteiger partial charge in [-0.2, -0.15) is 10.5 Å². The molecule has 0 radical (unpaired) electrons. The molecule has 0 spiro atoms. The maximum atomic E-state index is 9.38. The minimum Gasteiger partial charge on any atom is -0.457 e. The maximum Gasteiger partial charge on any atom is 0.134 e. The normalized spacial score (nSPS) is 10.9. The van der Waals surface area contributed by atoms with Gasteiger partial charge in [0.15, 0.2) is 0 Å². The average Bonchev–Trinajstić information content (AvgIpc) is 3.09. The van der Waals surface area contributed by atoms with Crippen molar-refractivity contribution in [1.82, 2.24) is 0 Å². The molecular weight excluding hydrogens is 320 g/mol. The van der Waals surface area contributed by atoms with Crippen LogP contribution in [0.25, 0.3) is 23.0 Å². The Morgan fingerprint density at radius 1 is 0.917 bits per heavy atom. The first-order valence-electron chi connectivity index (χ1n) is 7.18. The zero-order valence-electron chi connectivity index (χ0n) is 12.5. The number of allylic oxidation sites excluding steroid dienone is 1. The molecule has 0 N–H and O–H groups in total. The van der Waals surface area contributed by atoms with Gasteiger partial charge >= 0.3 is 0 Å². The number of halogens is 1. The number of rotatable bonds is 3. The lowest BCUT2D eigenvalue weighted by atomic mass is 10.0. The van der Waals surface area contributed by atoms with E-state index in [2.05, 4.69) is 12.1 Å². The minimum absolute atomic E-state index is 0.469. The Labute approximate surface area is 144 Å². The third-order valence-corrected chi connectivity index (χ3v) is 3.74. The molecule has 0 amide bonds. The Bertz CT molecular complexity index is 968. The predicted octanol–water partition coefficient (Wildman–Crippen LogP) is 5.54. The highest BCUT2D eigenvalue weighted by molar-refractivity contribution is 6.30. The van der Waals surface area contributed by atoms with E-state index >= 15 is 0 Å². The summed E-state index contributed by atoms with van der Waals surface area (Å²) in [5.74, 6) is 1.29. The minimum atomic E-state index is 0.469. The van der Waals surface area contributed by atoms with Crippen LogP contribution in [0.3, 0.4) is 0 Å². The van der Waals surface area contributed by atoms with Gasteiger partial charge < -0.3 is 4.42 Å². The third kappa shape index (κ3) is 3.38. The molecule has 24 heavy (non-hydrogen) atoms. The highest BCUT2D eigenvalue weighted by Crippen LogP contribution is 2.26. The second kappa shape index (κ2) is 6.87. The molecule has 0 saturated heterocycles. The van der Waals surface area contributed by atoms with E-state index in [1.54, 1.807) is 42.5 Å². The average molecular weight is 331 g/mol. The Morgan fingerprint density at radius 2 is 1.62 bits per heavy atom. The lowest BCUT2D eigenvalue weighted by molar-refractivity contribution is 0.572. The van der Waals surface area contributed by atoms with Gasteiger partial charge in [0.2, 0.25) is 0 Å². The van der Waals surface area contributed by atoms with Gasteiger partial charge in [0.05, 0.1) is 23.3 Å². The molecule has 0 aliphatic heterocycles. The number of benzene rings is 2. The smallest absolute Gasteiger partial charge is 0.134 e. The lowest BCUT2D eigenvalue weighted by Gasteiger charge is -1.99. The molecule has 0 saturated carbocycles. The molecule has 0 unspecified atom stereocenters. The Morgan fingerprint density at radius 3 is 2.25 bits per heavy atom. The van der Waals surface area contributed by atoms with Crippen molar-refractivity contribution in [3.8, 4) is 23.5 Å². The summed E-state index contributed by atoms with van der Waals surface area (Å²) in [7, 11) is 0. The zero-order chi connectivity index (χ0) is 16.9. The molecule has 3 nitrogen and oxygen atoms in total. The third-order valence-electron chi connectivity index (χ3n) is 3.49. The van der Waals surface area contributed by atoms with Crippen molar-refractivity contribution in [3.63, 3.8) is 0 Å². The number of hydrogen-bond acceptors (Lipinski definition) is 3. The molecule has 2 aromatic carbocycles. The summed E-state index contributed by atoms with van der Waals surface area (Å²) in [4.78, 5) is 0. The number of nitrogens with zero attached hydrogens (tertiary/aromatic N) is 2. The van der Waals surface area contributed by atoms with Gasteiger partial charge in [-0.3, -0.25) is 0 Å². The van der Waals surface area contributed by atoms with Crippen LogP contribution in [0, 0.1) is 22.7 Å². The van der Waals surface area contributed by atoms with E-state index in [9.17, 15) is 5.26 Å². The molecule has 0 atom stereocenters. The predicted molar refractivity (Wildman–Crippen MR) is 93.8 cm³/mol. The van der Waals surface area contributed by atoms with E-state index < -0.39 is 0 Å². The summed E-state index contributed by atoms with van der Waals surface area (Å²) in [6.45, 7) is 0. The summed E-state index contributed by atoms with van der Waals surface area (Å²) in [5, 5.41) is 18.9. The van der Waals surface area contributed by atoms with Crippen LogP contribution in [0.2, 0.25) is 5.02 Å². The topological polar surface area (TPSA) is 60.7 Å². The molecule has 4 heteroatoms. The van der Waals surface area contributed by atoms with Gasteiger partial charge in [-0.15, -0.1) is 0 Å². The first kappa shape index (κ1) is 15.6. The van der Waals surface area contributed by atoms with Crippen molar-refractivity contribution in [2.45, 2.75) is 0 Å². The van der Waals surface area contributed by atoms with Crippen molar-refractivity contribution in [1.29, 1.82) is 10.5 Å². The van der Waals surface area contributed by atoms with Crippen LogP contribution < -0.4 is 0 Å². The van der Waals surface area contributed by atoms with Gasteiger partial charge in [0.25, 0.3) is 0 Å². The van der Waals surface area contributed by atoms with Gasteiger partial charge in [0.1, 0.15) is 11.5 Å². The van der Waals surface area contributed by atoms with Gasteiger partial charge in [-0.05, 0) is 60.2 Å². The van der Waals surface area contributed by atoms with Gasteiger partial charge in [0, 0.05) is 10.6 Å². The molecule has 0 aliphatic carbocycles. The Hall–Kier alpha value is -3.27. The molecule has 3 rings (SSSR count). The quantitative estimate of drug-likeness (QED) is 0.593. The van der Waals surface area contributed by atoms with Crippen molar-refractivity contribution in [2.24, 2.45) is 0 Å². The van der Waals surface area contributed by atoms with Crippen molar-refractivity contribution < 1.29 is 4.42 Å². The Kier molecular flexibility index (Phi) is 4.47. The van der Waals surface area contributed by atoms with E-state index in [-0.39, 0.29) is 0 Å². The first-order chi connectivity index (χ1) is 11.7. The van der Waals surface area contributed by atoms with Crippen LogP contribution in [-0.2, 0) is 0 Å². The van der Waals surface area contributed by atoms with Crippen molar-refractivity contribution in [2.75, 3.05) is 0 Å². The maximum absolute atomic E-state index is 9.38. The SMILES string of the molecule is N#C/C(=C/c1ccc(-c2ccc(Cl)cc2)o1)c1ccc(C#N)cc1. The molecule has 3 aromatic rings. The summed E-state index contributed by atoms with van der Waals surface area (Å²) in [5.41, 5.74) is 2.67. The summed E-state index contributed by atoms with van der Waals surface area (Å²) < 4.78 is 5.79. The molecular formula is C20H11ClN2O. The van der Waals surface area contributed by atoms with Crippen LogP contribution in [0.5, 0.6) is 0 Å². The number of nitriles is 2. The van der Waals surface area contributed by atoms with E-state index in [1.165, 1.54) is 0 Å². The highest BCUT2D eigenvalue weighted by atomic mass is 35.5. The van der Waals surface area contributed by atoms with Crippen LogP contribution in [0.4, 0.5) is 0 Å². The van der Waals surface area contributed by atoms with E-state index in [0.29, 0.717) is 27.7 Å². The van der Waals surface area contributed by atoms with Crippen LogP contribution in [-0.4, -0.2) is 0 Å². The van der Waals surface area contributed by atoms with Crippen LogP contribution in [0.1, 0.15) is 16.9 Å². The molecule has 0 bridgehead atoms. The number of hydrogen-bond donors (Lipinski definition) is 0. The zero-order valence-corrected chi connectivity index (χ0v) is 13.3. The first-order valence-corrected chi connectivity index (χ1v) is 7.55. The van der Waals surface area contributed by atoms with Crippen molar-refractivity contribution >= 4 is 23.3 Å².